The number of hydrogen-bond donors (Lipinski definition) is 2. The fraction of sp³-hybridized carbons (Fsp3) is 0.200. The van der Waals surface area contributed by atoms with E-state index >= 15 is 0 Å². The second-order valence-corrected chi connectivity index (χ2v) is 6.93. The molecular formula is C20H20N2O4S. The summed E-state index contributed by atoms with van der Waals surface area (Å²) in [5, 5.41) is 7.25. The van der Waals surface area contributed by atoms with E-state index in [4.69, 9.17) is 9.15 Å². The highest BCUT2D eigenvalue weighted by atomic mass is 32.1. The molecule has 0 saturated carbocycles. The first-order valence-electron chi connectivity index (χ1n) is 8.39. The monoisotopic (exact) mass is 384 g/mol. The van der Waals surface area contributed by atoms with E-state index in [-0.39, 0.29) is 12.5 Å². The third-order valence-electron chi connectivity index (χ3n) is 4.05. The fourth-order valence-corrected chi connectivity index (χ4v) is 3.53. The molecule has 3 aromatic rings. The molecule has 3 rings (SSSR count). The molecule has 2 aromatic heterocycles. The molecule has 6 nitrogen and oxygen atoms in total. The Balaban J connectivity index is 1.66. The van der Waals surface area contributed by atoms with E-state index in [9.17, 15) is 9.59 Å². The molecule has 0 aliphatic carbocycles. The highest BCUT2D eigenvalue weighted by molar-refractivity contribution is 7.10. The molecule has 7 heteroatoms. The van der Waals surface area contributed by atoms with E-state index in [1.165, 1.54) is 7.11 Å². The number of furan rings is 1. The van der Waals surface area contributed by atoms with Gasteiger partial charge in [0.05, 0.1) is 25.0 Å². The number of aryl methyl sites for hydroxylation is 1. The van der Waals surface area contributed by atoms with Gasteiger partial charge < -0.3 is 19.8 Å². The van der Waals surface area contributed by atoms with Crippen molar-refractivity contribution in [3.8, 4) is 5.75 Å². The second kappa shape index (κ2) is 8.55. The van der Waals surface area contributed by atoms with Crippen LogP contribution in [0.15, 0.2) is 58.5 Å². The van der Waals surface area contributed by atoms with E-state index in [1.54, 1.807) is 35.8 Å². The van der Waals surface area contributed by atoms with Gasteiger partial charge in [0.25, 0.3) is 0 Å². The Morgan fingerprint density at radius 3 is 2.70 bits per heavy atom. The minimum atomic E-state index is -0.747. The Morgan fingerprint density at radius 1 is 1.19 bits per heavy atom. The molecule has 27 heavy (non-hydrogen) atoms. The number of methoxy groups -OCH3 is 1. The normalized spacial score (nSPS) is 11.6. The molecule has 0 fully saturated rings. The average Bonchev–Trinajstić information content (AvgIpc) is 3.36. The lowest BCUT2D eigenvalue weighted by Gasteiger charge is -2.15. The van der Waals surface area contributed by atoms with Crippen LogP contribution in [-0.4, -0.2) is 25.5 Å². The summed E-state index contributed by atoms with van der Waals surface area (Å²) in [6.45, 7) is 2.15. The third kappa shape index (κ3) is 4.57. The van der Waals surface area contributed by atoms with Gasteiger partial charge in [0.15, 0.2) is 0 Å². The fourth-order valence-electron chi connectivity index (χ4n) is 2.69. The zero-order valence-corrected chi connectivity index (χ0v) is 15.8. The molecular weight excluding hydrogens is 364 g/mol. The predicted octanol–water partition coefficient (Wildman–Crippen LogP) is 3.54. The van der Waals surface area contributed by atoms with Crippen LogP contribution in [-0.2, 0) is 9.59 Å². The first-order chi connectivity index (χ1) is 13.1. The van der Waals surface area contributed by atoms with E-state index in [0.29, 0.717) is 11.4 Å². The molecule has 1 atom stereocenters. The molecule has 0 saturated heterocycles. The standard InChI is InChI=1S/C20H20N2O4S/c1-13-7-8-17(25-2)15(11-13)22-20(24)19(23)21-12-14(16-5-3-9-26-16)18-6-4-10-27-18/h3-11,14H,12H2,1-2H3,(H,21,23)(H,22,24)/t14-/m0/s1. The van der Waals surface area contributed by atoms with Crippen LogP contribution < -0.4 is 15.4 Å². The zero-order chi connectivity index (χ0) is 19.2. The Bertz CT molecular complexity index is 870. The summed E-state index contributed by atoms with van der Waals surface area (Å²) in [7, 11) is 1.51. The molecule has 0 aliphatic rings. The van der Waals surface area contributed by atoms with Crippen molar-refractivity contribution < 1.29 is 18.7 Å². The van der Waals surface area contributed by atoms with Crippen molar-refractivity contribution in [3.05, 3.63) is 70.3 Å². The van der Waals surface area contributed by atoms with E-state index in [1.807, 2.05) is 36.6 Å². The Labute approximate surface area is 161 Å². The largest absolute Gasteiger partial charge is 0.495 e. The van der Waals surface area contributed by atoms with E-state index < -0.39 is 11.8 Å². The number of rotatable bonds is 6. The van der Waals surface area contributed by atoms with Crippen LogP contribution in [0.2, 0.25) is 0 Å². The molecule has 2 amide bonds. The SMILES string of the molecule is COc1ccc(C)cc1NC(=O)C(=O)NC[C@@H](c1ccco1)c1cccs1. The van der Waals surface area contributed by atoms with E-state index in [0.717, 1.165) is 16.2 Å². The topological polar surface area (TPSA) is 80.6 Å². The van der Waals surface area contributed by atoms with Gasteiger partial charge in [-0.15, -0.1) is 11.3 Å². The molecule has 1 aromatic carbocycles. The number of carbonyl (C=O) groups excluding carboxylic acids is 2. The second-order valence-electron chi connectivity index (χ2n) is 5.95. The summed E-state index contributed by atoms with van der Waals surface area (Å²) in [5.41, 5.74) is 1.40. The molecule has 0 unspecified atom stereocenters. The summed E-state index contributed by atoms with van der Waals surface area (Å²) in [6.07, 6.45) is 1.59. The van der Waals surface area contributed by atoms with Crippen LogP contribution >= 0.6 is 11.3 Å². The first-order valence-corrected chi connectivity index (χ1v) is 9.27. The minimum Gasteiger partial charge on any atom is -0.495 e. The number of ether oxygens (including phenoxy) is 1. The molecule has 0 aliphatic heterocycles. The number of benzene rings is 1. The predicted molar refractivity (Wildman–Crippen MR) is 104 cm³/mol. The van der Waals surface area contributed by atoms with Crippen LogP contribution in [0.25, 0.3) is 0 Å². The van der Waals surface area contributed by atoms with Gasteiger partial charge in [-0.1, -0.05) is 12.1 Å². The number of carbonyl (C=O) groups is 2. The maximum Gasteiger partial charge on any atom is 0.313 e. The van der Waals surface area contributed by atoms with Gasteiger partial charge in [0.1, 0.15) is 11.5 Å². The summed E-state index contributed by atoms with van der Waals surface area (Å²) in [4.78, 5) is 25.6. The van der Waals surface area contributed by atoms with Crippen molar-refractivity contribution in [2.24, 2.45) is 0 Å². The molecule has 2 N–H and O–H groups in total. The van der Waals surface area contributed by atoms with Crippen LogP contribution in [0.3, 0.4) is 0 Å². The smallest absolute Gasteiger partial charge is 0.313 e. The van der Waals surface area contributed by atoms with Gasteiger partial charge >= 0.3 is 11.8 Å². The van der Waals surface area contributed by atoms with Crippen molar-refractivity contribution in [3.63, 3.8) is 0 Å². The zero-order valence-electron chi connectivity index (χ0n) is 15.0. The van der Waals surface area contributed by atoms with Crippen LogP contribution in [0.5, 0.6) is 5.75 Å². The van der Waals surface area contributed by atoms with Crippen LogP contribution in [0.4, 0.5) is 5.69 Å². The summed E-state index contributed by atoms with van der Waals surface area (Å²) < 4.78 is 10.7. The van der Waals surface area contributed by atoms with E-state index in [2.05, 4.69) is 10.6 Å². The third-order valence-corrected chi connectivity index (χ3v) is 5.04. The first kappa shape index (κ1) is 18.7. The quantitative estimate of drug-likeness (QED) is 0.637. The van der Waals surface area contributed by atoms with Gasteiger partial charge in [-0.3, -0.25) is 9.59 Å². The number of amides is 2. The minimum absolute atomic E-state index is 0.148. The molecule has 0 spiro atoms. The van der Waals surface area contributed by atoms with Gasteiger partial charge in [-0.25, -0.2) is 0 Å². The molecule has 140 valence electrons. The highest BCUT2D eigenvalue weighted by Gasteiger charge is 2.22. The maximum atomic E-state index is 12.3. The van der Waals surface area contributed by atoms with Crippen LogP contribution in [0, 0.1) is 6.92 Å². The maximum absolute atomic E-state index is 12.3. The van der Waals surface area contributed by atoms with Gasteiger partial charge in [0, 0.05) is 11.4 Å². The van der Waals surface area contributed by atoms with Crippen molar-refractivity contribution >= 4 is 28.8 Å². The van der Waals surface area contributed by atoms with Gasteiger partial charge in [0.2, 0.25) is 0 Å². The lowest BCUT2D eigenvalue weighted by atomic mass is 10.0. The number of nitrogens with one attached hydrogen (secondary N) is 2. The lowest BCUT2D eigenvalue weighted by Crippen LogP contribution is -2.37. The molecule has 0 radical (unpaired) electrons. The Hall–Kier alpha value is -3.06. The number of thiophene rings is 1. The summed E-state index contributed by atoms with van der Waals surface area (Å²) in [5.74, 6) is -0.382. The summed E-state index contributed by atoms with van der Waals surface area (Å²) in [6, 6.07) is 12.9. The van der Waals surface area contributed by atoms with Gasteiger partial charge in [-0.05, 0) is 48.2 Å². The number of hydrogen-bond acceptors (Lipinski definition) is 5. The van der Waals surface area contributed by atoms with Crippen molar-refractivity contribution in [2.45, 2.75) is 12.8 Å². The summed E-state index contributed by atoms with van der Waals surface area (Å²) >= 11 is 1.57. The van der Waals surface area contributed by atoms with Crippen molar-refractivity contribution in [1.29, 1.82) is 0 Å². The number of anilines is 1. The lowest BCUT2D eigenvalue weighted by molar-refractivity contribution is -0.136. The Kier molecular flexibility index (Phi) is 5.93. The van der Waals surface area contributed by atoms with Crippen LogP contribution in [0.1, 0.15) is 22.1 Å². The molecule has 2 heterocycles. The highest BCUT2D eigenvalue weighted by Crippen LogP contribution is 2.28. The van der Waals surface area contributed by atoms with Gasteiger partial charge in [-0.2, -0.15) is 0 Å². The van der Waals surface area contributed by atoms with Crippen molar-refractivity contribution in [1.82, 2.24) is 5.32 Å². The average molecular weight is 384 g/mol. The Morgan fingerprint density at radius 2 is 2.04 bits per heavy atom. The van der Waals surface area contributed by atoms with Crippen molar-refractivity contribution in [2.75, 3.05) is 19.0 Å². The molecule has 0 bridgehead atoms.